The molecular weight excluding hydrogens is 258 g/mol. The molecule has 1 atom stereocenters. The van der Waals surface area contributed by atoms with Gasteiger partial charge in [-0.1, -0.05) is 37.3 Å². The van der Waals surface area contributed by atoms with Crippen molar-refractivity contribution in [1.82, 2.24) is 5.32 Å². The molecule has 0 fully saturated rings. The molecule has 0 amide bonds. The van der Waals surface area contributed by atoms with Gasteiger partial charge in [0.1, 0.15) is 11.9 Å². The van der Waals surface area contributed by atoms with Gasteiger partial charge in [0.25, 0.3) is 0 Å². The van der Waals surface area contributed by atoms with E-state index in [0.717, 1.165) is 25.3 Å². The predicted molar refractivity (Wildman–Crippen MR) is 87.7 cm³/mol. The molecule has 1 heterocycles. The second-order valence-electron chi connectivity index (χ2n) is 5.83. The van der Waals surface area contributed by atoms with E-state index in [1.54, 1.807) is 0 Å². The number of fused-ring (bicyclic) bond motifs is 1. The summed E-state index contributed by atoms with van der Waals surface area (Å²) < 4.78 is 5.76. The van der Waals surface area contributed by atoms with Crippen LogP contribution in [-0.4, -0.2) is 12.6 Å². The maximum Gasteiger partial charge on any atom is 0.123 e. The molecule has 2 aromatic rings. The van der Waals surface area contributed by atoms with Gasteiger partial charge in [-0.2, -0.15) is 0 Å². The van der Waals surface area contributed by atoms with Crippen molar-refractivity contribution in [3.63, 3.8) is 0 Å². The van der Waals surface area contributed by atoms with Gasteiger partial charge >= 0.3 is 0 Å². The van der Waals surface area contributed by atoms with Gasteiger partial charge in [0.05, 0.1) is 0 Å². The molecule has 0 saturated carbocycles. The summed E-state index contributed by atoms with van der Waals surface area (Å²) in [5.74, 6) is 1.05. The van der Waals surface area contributed by atoms with Crippen molar-refractivity contribution in [3.05, 3.63) is 53.6 Å². The summed E-state index contributed by atoms with van der Waals surface area (Å²) in [5.41, 5.74) is 5.22. The second kappa shape index (κ2) is 6.31. The molecule has 2 aromatic carbocycles. The summed E-state index contributed by atoms with van der Waals surface area (Å²) in [5, 5.41) is 3.43. The summed E-state index contributed by atoms with van der Waals surface area (Å²) in [6.45, 7) is 6.33. The third-order valence-electron chi connectivity index (χ3n) is 3.94. The molecule has 1 N–H and O–H groups in total. The second-order valence-corrected chi connectivity index (χ2v) is 5.83. The van der Waals surface area contributed by atoms with E-state index in [0.29, 0.717) is 6.10 Å². The van der Waals surface area contributed by atoms with Crippen molar-refractivity contribution >= 4 is 0 Å². The first-order valence-electron chi connectivity index (χ1n) is 7.86. The third-order valence-corrected chi connectivity index (χ3v) is 3.94. The standard InChI is InChI=1S/C19H23NO/c1-3-10-20-13-15-4-6-16(7-5-15)17-8-9-19-18(12-17)11-14(2)21-19/h4-9,12,14,20H,3,10-11,13H2,1-2H3. The number of benzene rings is 2. The lowest BCUT2D eigenvalue weighted by Crippen LogP contribution is -2.13. The minimum absolute atomic E-state index is 0.308. The fraction of sp³-hybridized carbons (Fsp3) is 0.368. The highest BCUT2D eigenvalue weighted by atomic mass is 16.5. The van der Waals surface area contributed by atoms with Gasteiger partial charge in [-0.3, -0.25) is 0 Å². The van der Waals surface area contributed by atoms with Crippen molar-refractivity contribution in [2.24, 2.45) is 0 Å². The number of ether oxygens (including phenoxy) is 1. The molecule has 2 nitrogen and oxygen atoms in total. The Morgan fingerprint density at radius 3 is 2.62 bits per heavy atom. The summed E-state index contributed by atoms with van der Waals surface area (Å²) in [7, 11) is 0. The van der Waals surface area contributed by atoms with E-state index in [-0.39, 0.29) is 0 Å². The topological polar surface area (TPSA) is 21.3 Å². The van der Waals surface area contributed by atoms with Crippen molar-refractivity contribution in [3.8, 4) is 16.9 Å². The molecule has 0 spiro atoms. The molecule has 1 aliphatic rings. The summed E-state index contributed by atoms with van der Waals surface area (Å²) in [6.07, 6.45) is 2.50. The number of nitrogens with one attached hydrogen (secondary N) is 1. The van der Waals surface area contributed by atoms with E-state index in [2.05, 4.69) is 61.6 Å². The predicted octanol–water partition coefficient (Wildman–Crippen LogP) is 4.18. The van der Waals surface area contributed by atoms with Crippen LogP contribution >= 0.6 is 0 Å². The Morgan fingerprint density at radius 1 is 1.10 bits per heavy atom. The molecular formula is C19H23NO. The lowest BCUT2D eigenvalue weighted by Gasteiger charge is -2.07. The van der Waals surface area contributed by atoms with Gasteiger partial charge in [0, 0.05) is 13.0 Å². The Morgan fingerprint density at radius 2 is 1.86 bits per heavy atom. The maximum atomic E-state index is 5.76. The van der Waals surface area contributed by atoms with E-state index in [1.165, 1.54) is 28.7 Å². The fourth-order valence-electron chi connectivity index (χ4n) is 2.83. The van der Waals surface area contributed by atoms with Crippen molar-refractivity contribution in [2.45, 2.75) is 39.3 Å². The van der Waals surface area contributed by atoms with E-state index >= 15 is 0 Å². The van der Waals surface area contributed by atoms with Gasteiger partial charge in [-0.25, -0.2) is 0 Å². The zero-order chi connectivity index (χ0) is 14.7. The van der Waals surface area contributed by atoms with Crippen LogP contribution in [0.15, 0.2) is 42.5 Å². The molecule has 110 valence electrons. The van der Waals surface area contributed by atoms with E-state index in [4.69, 9.17) is 4.74 Å². The molecule has 21 heavy (non-hydrogen) atoms. The van der Waals surface area contributed by atoms with E-state index in [9.17, 15) is 0 Å². The van der Waals surface area contributed by atoms with Crippen LogP contribution in [0.5, 0.6) is 5.75 Å². The highest BCUT2D eigenvalue weighted by Gasteiger charge is 2.18. The Balaban J connectivity index is 1.74. The van der Waals surface area contributed by atoms with Crippen LogP contribution in [0.25, 0.3) is 11.1 Å². The molecule has 0 aromatic heterocycles. The van der Waals surface area contributed by atoms with Gasteiger partial charge in [-0.05, 0) is 54.3 Å². The number of hydrogen-bond acceptors (Lipinski definition) is 2. The molecule has 0 bridgehead atoms. The lowest BCUT2D eigenvalue weighted by molar-refractivity contribution is 0.254. The normalized spacial score (nSPS) is 16.6. The van der Waals surface area contributed by atoms with Gasteiger partial charge in [0.2, 0.25) is 0 Å². The Labute approximate surface area is 127 Å². The van der Waals surface area contributed by atoms with Crippen LogP contribution in [0, 0.1) is 0 Å². The largest absolute Gasteiger partial charge is 0.490 e. The minimum Gasteiger partial charge on any atom is -0.490 e. The highest BCUT2D eigenvalue weighted by molar-refractivity contribution is 5.66. The van der Waals surface area contributed by atoms with Crippen LogP contribution in [-0.2, 0) is 13.0 Å². The SMILES string of the molecule is CCCNCc1ccc(-c2ccc3c(c2)CC(C)O3)cc1. The van der Waals surface area contributed by atoms with Gasteiger partial charge in [-0.15, -0.1) is 0 Å². The van der Waals surface area contributed by atoms with Crippen LogP contribution in [0.4, 0.5) is 0 Å². The van der Waals surface area contributed by atoms with Crippen LogP contribution in [0.2, 0.25) is 0 Å². The van der Waals surface area contributed by atoms with Crippen molar-refractivity contribution in [2.75, 3.05) is 6.54 Å². The van der Waals surface area contributed by atoms with Crippen molar-refractivity contribution < 1.29 is 4.74 Å². The first-order valence-corrected chi connectivity index (χ1v) is 7.86. The number of rotatable bonds is 5. The molecule has 0 aliphatic carbocycles. The van der Waals surface area contributed by atoms with Crippen LogP contribution in [0.1, 0.15) is 31.4 Å². The third kappa shape index (κ3) is 3.27. The first-order chi connectivity index (χ1) is 10.3. The van der Waals surface area contributed by atoms with E-state index < -0.39 is 0 Å². The Hall–Kier alpha value is -1.80. The summed E-state index contributed by atoms with van der Waals surface area (Å²) in [4.78, 5) is 0. The fourth-order valence-corrected chi connectivity index (χ4v) is 2.83. The highest BCUT2D eigenvalue weighted by Crippen LogP contribution is 2.32. The van der Waals surface area contributed by atoms with Crippen LogP contribution < -0.4 is 10.1 Å². The summed E-state index contributed by atoms with van der Waals surface area (Å²) >= 11 is 0. The molecule has 0 saturated heterocycles. The quantitative estimate of drug-likeness (QED) is 0.830. The maximum absolute atomic E-state index is 5.76. The lowest BCUT2D eigenvalue weighted by atomic mass is 10.00. The average Bonchev–Trinajstić information content (AvgIpc) is 2.87. The first kappa shape index (κ1) is 14.2. The summed E-state index contributed by atoms with van der Waals surface area (Å²) in [6, 6.07) is 15.4. The molecule has 3 rings (SSSR count). The minimum atomic E-state index is 0.308. The van der Waals surface area contributed by atoms with E-state index in [1.807, 2.05) is 0 Å². The monoisotopic (exact) mass is 281 g/mol. The molecule has 0 radical (unpaired) electrons. The van der Waals surface area contributed by atoms with Gasteiger partial charge < -0.3 is 10.1 Å². The Bertz CT molecular complexity index is 603. The zero-order valence-corrected chi connectivity index (χ0v) is 12.9. The smallest absolute Gasteiger partial charge is 0.123 e. The molecule has 1 unspecified atom stereocenters. The van der Waals surface area contributed by atoms with Crippen molar-refractivity contribution in [1.29, 1.82) is 0 Å². The average molecular weight is 281 g/mol. The zero-order valence-electron chi connectivity index (χ0n) is 12.9. The Kier molecular flexibility index (Phi) is 4.26. The molecule has 2 heteroatoms. The molecule has 1 aliphatic heterocycles. The van der Waals surface area contributed by atoms with Crippen LogP contribution in [0.3, 0.4) is 0 Å². The number of hydrogen-bond donors (Lipinski definition) is 1. The van der Waals surface area contributed by atoms with Gasteiger partial charge in [0.15, 0.2) is 0 Å².